The third-order valence-electron chi connectivity index (χ3n) is 5.71. The highest BCUT2D eigenvalue weighted by Gasteiger charge is 2.40. The summed E-state index contributed by atoms with van der Waals surface area (Å²) >= 11 is 0. The summed E-state index contributed by atoms with van der Waals surface area (Å²) in [6, 6.07) is 0.722. The molecule has 0 saturated carbocycles. The van der Waals surface area contributed by atoms with Gasteiger partial charge in [0.15, 0.2) is 0 Å². The Bertz CT molecular complexity index is 397. The first-order valence-corrected chi connectivity index (χ1v) is 8.91. The van der Waals surface area contributed by atoms with E-state index in [4.69, 9.17) is 4.74 Å². The van der Waals surface area contributed by atoms with Crippen molar-refractivity contribution in [2.75, 3.05) is 52.4 Å². The monoisotopic (exact) mass is 309 g/mol. The summed E-state index contributed by atoms with van der Waals surface area (Å²) in [6.45, 7) is 13.9. The Labute approximate surface area is 134 Å². The highest BCUT2D eigenvalue weighted by atomic mass is 16.5. The van der Waals surface area contributed by atoms with Gasteiger partial charge >= 0.3 is 0 Å². The van der Waals surface area contributed by atoms with Gasteiger partial charge in [-0.15, -0.1) is 0 Å². The van der Waals surface area contributed by atoms with Crippen molar-refractivity contribution in [2.24, 2.45) is 5.92 Å². The fourth-order valence-corrected chi connectivity index (χ4v) is 4.41. The summed E-state index contributed by atoms with van der Waals surface area (Å²) in [5.41, 5.74) is -0.688. The second kappa shape index (κ2) is 6.46. The molecule has 4 aliphatic rings. The van der Waals surface area contributed by atoms with Crippen molar-refractivity contribution in [1.29, 1.82) is 0 Å². The number of carbonyl (C=O) groups excluding carboxylic acids is 1. The minimum atomic E-state index is -0.688. The topological polar surface area (TPSA) is 36.0 Å². The smallest absolute Gasteiger partial charge is 0.254 e. The molecule has 1 amide bonds. The Kier molecular flexibility index (Phi) is 4.76. The van der Waals surface area contributed by atoms with Crippen molar-refractivity contribution < 1.29 is 9.53 Å². The molecule has 4 heterocycles. The van der Waals surface area contributed by atoms with Crippen LogP contribution in [0.15, 0.2) is 0 Å². The average Bonchev–Trinajstić information content (AvgIpc) is 2.55. The fourth-order valence-electron chi connectivity index (χ4n) is 4.41. The lowest BCUT2D eigenvalue weighted by Crippen LogP contribution is -2.62. The minimum absolute atomic E-state index is 0.142. The Morgan fingerprint density at radius 2 is 1.73 bits per heavy atom. The molecule has 0 aromatic rings. The van der Waals surface area contributed by atoms with Gasteiger partial charge in [0, 0.05) is 45.4 Å². The summed E-state index contributed by atoms with van der Waals surface area (Å²) < 4.78 is 5.62. The van der Waals surface area contributed by atoms with Crippen LogP contribution in [0, 0.1) is 5.92 Å². The second-order valence-corrected chi connectivity index (χ2v) is 7.48. The summed E-state index contributed by atoms with van der Waals surface area (Å²) in [7, 11) is 0. The van der Waals surface area contributed by atoms with Gasteiger partial charge in [0.2, 0.25) is 0 Å². The van der Waals surface area contributed by atoms with Crippen molar-refractivity contribution in [3.63, 3.8) is 0 Å². The van der Waals surface area contributed by atoms with Gasteiger partial charge in [-0.25, -0.2) is 0 Å². The molecule has 2 bridgehead atoms. The molecule has 0 aliphatic carbocycles. The number of ether oxygens (including phenoxy) is 1. The van der Waals surface area contributed by atoms with Crippen LogP contribution in [0.5, 0.6) is 0 Å². The van der Waals surface area contributed by atoms with Gasteiger partial charge in [-0.2, -0.15) is 0 Å². The predicted molar refractivity (Wildman–Crippen MR) is 86.8 cm³/mol. The first-order valence-electron chi connectivity index (χ1n) is 8.91. The number of piperazine rings is 1. The summed E-state index contributed by atoms with van der Waals surface area (Å²) in [4.78, 5) is 19.8. The number of hydrogen-bond donors (Lipinski definition) is 0. The van der Waals surface area contributed by atoms with E-state index in [9.17, 15) is 4.79 Å². The highest BCUT2D eigenvalue weighted by molar-refractivity contribution is 5.84. The zero-order chi connectivity index (χ0) is 15.7. The average molecular weight is 309 g/mol. The molecule has 4 saturated heterocycles. The minimum Gasteiger partial charge on any atom is -0.366 e. The molecule has 0 aromatic carbocycles. The van der Waals surface area contributed by atoms with Gasteiger partial charge in [-0.05, 0) is 52.6 Å². The number of carbonyl (C=O) groups is 1. The molecule has 126 valence electrons. The molecular weight excluding hydrogens is 278 g/mol. The number of piperidine rings is 3. The van der Waals surface area contributed by atoms with E-state index in [-0.39, 0.29) is 5.91 Å². The molecule has 1 atom stereocenters. The summed E-state index contributed by atoms with van der Waals surface area (Å²) in [6.07, 6.45) is 2.72. The number of hydrogen-bond acceptors (Lipinski definition) is 4. The van der Waals surface area contributed by atoms with Crippen molar-refractivity contribution in [3.05, 3.63) is 0 Å². The molecule has 1 unspecified atom stereocenters. The molecule has 4 aliphatic heterocycles. The zero-order valence-electron chi connectivity index (χ0n) is 14.4. The van der Waals surface area contributed by atoms with Crippen molar-refractivity contribution >= 4 is 5.91 Å². The Hall–Kier alpha value is -0.650. The fraction of sp³-hybridized carbons (Fsp3) is 0.941. The van der Waals surface area contributed by atoms with Gasteiger partial charge in [0.25, 0.3) is 5.91 Å². The maximum Gasteiger partial charge on any atom is 0.254 e. The maximum atomic E-state index is 12.6. The standard InChI is InChI=1S/C17H31N3O2/c1-4-22-17(2,3)16(21)20-11-9-19(10-12-20)15-13-18-7-5-14(15)6-8-18/h14-15H,4-13H2,1-3H3. The van der Waals surface area contributed by atoms with E-state index in [0.29, 0.717) is 6.61 Å². The van der Waals surface area contributed by atoms with Crippen LogP contribution in [-0.4, -0.2) is 84.7 Å². The van der Waals surface area contributed by atoms with Crippen LogP contribution >= 0.6 is 0 Å². The third kappa shape index (κ3) is 3.17. The van der Waals surface area contributed by atoms with Gasteiger partial charge in [0.05, 0.1) is 0 Å². The number of rotatable bonds is 4. The first kappa shape index (κ1) is 16.2. The van der Waals surface area contributed by atoms with E-state index in [2.05, 4.69) is 9.80 Å². The SMILES string of the molecule is CCOC(C)(C)C(=O)N1CCN(C2CN3CCC2CC3)CC1. The van der Waals surface area contributed by atoms with Crippen LogP contribution < -0.4 is 0 Å². The van der Waals surface area contributed by atoms with Crippen LogP contribution in [0.4, 0.5) is 0 Å². The van der Waals surface area contributed by atoms with Crippen molar-refractivity contribution in [2.45, 2.75) is 45.3 Å². The van der Waals surface area contributed by atoms with Crippen LogP contribution in [0.2, 0.25) is 0 Å². The van der Waals surface area contributed by atoms with E-state index < -0.39 is 5.60 Å². The molecule has 4 rings (SSSR count). The molecule has 5 nitrogen and oxygen atoms in total. The van der Waals surface area contributed by atoms with E-state index in [1.165, 1.54) is 32.5 Å². The van der Waals surface area contributed by atoms with Crippen molar-refractivity contribution in [1.82, 2.24) is 14.7 Å². The van der Waals surface area contributed by atoms with Crippen LogP contribution in [0.1, 0.15) is 33.6 Å². The molecule has 22 heavy (non-hydrogen) atoms. The number of fused-ring (bicyclic) bond motifs is 3. The molecular formula is C17H31N3O2. The summed E-state index contributed by atoms with van der Waals surface area (Å²) in [5, 5.41) is 0. The molecule has 5 heteroatoms. The lowest BCUT2D eigenvalue weighted by molar-refractivity contribution is -0.156. The number of nitrogens with zero attached hydrogens (tertiary/aromatic N) is 3. The Morgan fingerprint density at radius 3 is 2.23 bits per heavy atom. The molecule has 4 fully saturated rings. The highest BCUT2D eigenvalue weighted by Crippen LogP contribution is 2.31. The van der Waals surface area contributed by atoms with Crippen LogP contribution in [0.3, 0.4) is 0 Å². The summed E-state index contributed by atoms with van der Waals surface area (Å²) in [5.74, 6) is 1.02. The van der Waals surface area contributed by atoms with Gasteiger partial charge in [0.1, 0.15) is 5.60 Å². The zero-order valence-corrected chi connectivity index (χ0v) is 14.4. The van der Waals surface area contributed by atoms with Gasteiger partial charge in [-0.3, -0.25) is 9.69 Å². The largest absolute Gasteiger partial charge is 0.366 e. The van der Waals surface area contributed by atoms with Crippen LogP contribution in [-0.2, 0) is 9.53 Å². The maximum absolute atomic E-state index is 12.6. The van der Waals surface area contributed by atoms with E-state index in [1.807, 2.05) is 25.7 Å². The van der Waals surface area contributed by atoms with Gasteiger partial charge < -0.3 is 14.5 Å². The molecule has 0 N–H and O–H groups in total. The molecule has 0 aromatic heterocycles. The quantitative estimate of drug-likeness (QED) is 0.777. The van der Waals surface area contributed by atoms with E-state index in [0.717, 1.165) is 38.1 Å². The predicted octanol–water partition coefficient (Wildman–Crippen LogP) is 1.04. The third-order valence-corrected chi connectivity index (χ3v) is 5.71. The Morgan fingerprint density at radius 1 is 1.09 bits per heavy atom. The van der Waals surface area contributed by atoms with E-state index >= 15 is 0 Å². The van der Waals surface area contributed by atoms with Crippen molar-refractivity contribution in [3.8, 4) is 0 Å². The number of amides is 1. The lowest BCUT2D eigenvalue weighted by atomic mass is 9.83. The second-order valence-electron chi connectivity index (χ2n) is 7.48. The van der Waals surface area contributed by atoms with Crippen LogP contribution in [0.25, 0.3) is 0 Å². The lowest BCUT2D eigenvalue weighted by Gasteiger charge is -2.51. The normalized spacial score (nSPS) is 33.2. The molecule has 0 spiro atoms. The Balaban J connectivity index is 1.53. The first-order chi connectivity index (χ1) is 10.5. The van der Waals surface area contributed by atoms with Gasteiger partial charge in [-0.1, -0.05) is 0 Å². The molecule has 0 radical (unpaired) electrons. The van der Waals surface area contributed by atoms with E-state index in [1.54, 1.807) is 0 Å².